The molecule has 5 atom stereocenters. The highest BCUT2D eigenvalue weighted by Crippen LogP contribution is 2.66. The molecule has 238 valence electrons. The van der Waals surface area contributed by atoms with Gasteiger partial charge in [-0.15, -0.1) is 0 Å². The monoisotopic (exact) mass is 578 g/mol. The molecular formula is C39H67N3. The summed E-state index contributed by atoms with van der Waals surface area (Å²) < 4.78 is 0. The molecule has 0 aromatic carbocycles. The lowest BCUT2D eigenvalue weighted by molar-refractivity contribution is 0.176. The van der Waals surface area contributed by atoms with E-state index >= 15 is 0 Å². The van der Waals surface area contributed by atoms with Crippen LogP contribution in [0.3, 0.4) is 0 Å². The van der Waals surface area contributed by atoms with E-state index in [9.17, 15) is 0 Å². The first-order valence-corrected chi connectivity index (χ1v) is 17.3. The second-order valence-electron chi connectivity index (χ2n) is 15.7. The lowest BCUT2D eigenvalue weighted by Gasteiger charge is -2.44. The minimum absolute atomic E-state index is 0.264. The van der Waals surface area contributed by atoms with Crippen LogP contribution in [0.5, 0.6) is 0 Å². The van der Waals surface area contributed by atoms with Crippen LogP contribution in [0.1, 0.15) is 120 Å². The van der Waals surface area contributed by atoms with Crippen LogP contribution in [0, 0.1) is 35.0 Å². The molecule has 0 aromatic heterocycles. The number of hydrogen-bond acceptors (Lipinski definition) is 3. The quantitative estimate of drug-likeness (QED) is 0.173. The first kappa shape index (κ1) is 34.6. The highest BCUT2D eigenvalue weighted by atomic mass is 15.3. The Labute approximate surface area is 261 Å². The summed E-state index contributed by atoms with van der Waals surface area (Å²) in [4.78, 5) is 5.02. The summed E-state index contributed by atoms with van der Waals surface area (Å²) in [5.41, 5.74) is 5.42. The molecule has 5 unspecified atom stereocenters. The van der Waals surface area contributed by atoms with Crippen molar-refractivity contribution in [3.63, 3.8) is 0 Å². The number of nitrogens with zero attached hydrogens (tertiary/aromatic N) is 2. The summed E-state index contributed by atoms with van der Waals surface area (Å²) in [6.07, 6.45) is 12.3. The number of piperidine rings is 1. The van der Waals surface area contributed by atoms with Crippen molar-refractivity contribution in [2.75, 3.05) is 6.54 Å². The average Bonchev–Trinajstić information content (AvgIpc) is 3.22. The number of rotatable bonds is 13. The molecule has 3 saturated carbocycles. The van der Waals surface area contributed by atoms with Crippen molar-refractivity contribution in [2.24, 2.45) is 35.0 Å². The Morgan fingerprint density at radius 1 is 0.857 bits per heavy atom. The standard InChI is InChI=1S/C27H47N3.C12H20/c1-17(2)26-24-23(27(24,9)10)16-29(26)20(7)25(22-14-12-11-13-15-22)28-21(8)30(18(3)4)19(5)6;1-9(2)11(4)10(3)8-12-6-5-7-12/h18-19,22-26,28H,1,7-8,11-16H2,2-6,9-10H3;10,12H,1,4-8H2,2-3H3. The Kier molecular flexibility index (Phi) is 11.7. The molecule has 3 heteroatoms. The topological polar surface area (TPSA) is 18.5 Å². The molecular weight excluding hydrogens is 510 g/mol. The smallest absolute Gasteiger partial charge is 0.0948 e. The predicted octanol–water partition coefficient (Wildman–Crippen LogP) is 10.1. The van der Waals surface area contributed by atoms with Gasteiger partial charge in [-0.25, -0.2) is 0 Å². The van der Waals surface area contributed by atoms with Crippen molar-refractivity contribution in [1.29, 1.82) is 0 Å². The fourth-order valence-electron chi connectivity index (χ4n) is 8.53. The molecule has 1 N–H and O–H groups in total. The molecule has 42 heavy (non-hydrogen) atoms. The van der Waals surface area contributed by atoms with E-state index in [1.807, 2.05) is 0 Å². The predicted molar refractivity (Wildman–Crippen MR) is 185 cm³/mol. The van der Waals surface area contributed by atoms with Gasteiger partial charge in [0.05, 0.1) is 17.9 Å². The number of likely N-dealkylation sites (tertiary alicyclic amines) is 1. The van der Waals surface area contributed by atoms with Gasteiger partial charge in [0.25, 0.3) is 0 Å². The minimum Gasteiger partial charge on any atom is -0.366 e. The average molecular weight is 578 g/mol. The third-order valence-electron chi connectivity index (χ3n) is 11.4. The van der Waals surface area contributed by atoms with Gasteiger partial charge in [-0.2, -0.15) is 0 Å². The van der Waals surface area contributed by atoms with Crippen molar-refractivity contribution in [3.05, 3.63) is 61.1 Å². The summed E-state index contributed by atoms with van der Waals surface area (Å²) >= 11 is 0. The van der Waals surface area contributed by atoms with Crippen molar-refractivity contribution >= 4 is 0 Å². The van der Waals surface area contributed by atoms with Gasteiger partial charge in [-0.1, -0.05) is 109 Å². The maximum Gasteiger partial charge on any atom is 0.0948 e. The molecule has 0 aromatic rings. The zero-order valence-corrected chi connectivity index (χ0v) is 29.2. The third kappa shape index (κ3) is 7.78. The molecule has 4 rings (SSSR count). The summed E-state index contributed by atoms with van der Waals surface area (Å²) in [6.45, 7) is 43.1. The molecule has 0 spiro atoms. The summed E-state index contributed by atoms with van der Waals surface area (Å²) in [5, 5.41) is 3.90. The Morgan fingerprint density at radius 3 is 1.88 bits per heavy atom. The lowest BCUT2D eigenvalue weighted by atomic mass is 9.77. The van der Waals surface area contributed by atoms with Crippen molar-refractivity contribution in [2.45, 2.75) is 144 Å². The van der Waals surface area contributed by atoms with Gasteiger partial charge in [0.1, 0.15) is 0 Å². The lowest BCUT2D eigenvalue weighted by Crippen LogP contribution is -2.50. The van der Waals surface area contributed by atoms with Gasteiger partial charge < -0.3 is 15.1 Å². The van der Waals surface area contributed by atoms with Crippen LogP contribution >= 0.6 is 0 Å². The number of nitrogens with one attached hydrogen (secondary N) is 1. The van der Waals surface area contributed by atoms with E-state index in [4.69, 9.17) is 6.58 Å². The van der Waals surface area contributed by atoms with E-state index in [0.717, 1.165) is 35.7 Å². The first-order valence-electron chi connectivity index (χ1n) is 17.3. The van der Waals surface area contributed by atoms with Gasteiger partial charge in [-0.3, -0.25) is 0 Å². The molecule has 1 saturated heterocycles. The molecule has 1 aliphatic heterocycles. The van der Waals surface area contributed by atoms with Crippen molar-refractivity contribution < 1.29 is 0 Å². The Bertz CT molecular complexity index is 981. The molecule has 4 fully saturated rings. The molecule has 0 radical (unpaired) electrons. The highest BCUT2D eigenvalue weighted by molar-refractivity contribution is 5.29. The number of hydrogen-bond donors (Lipinski definition) is 1. The zero-order valence-electron chi connectivity index (χ0n) is 29.2. The first-order chi connectivity index (χ1) is 19.6. The molecule has 1 heterocycles. The SMILES string of the molecule is C=C(C)C(=C)C(C)CC1CCC1.C=C(C)C1C2C(CN1C(=C)C(NC(=C)N(C(C)C)C(C)C)C1CCCCC1)C2(C)C. The maximum atomic E-state index is 4.71. The maximum absolute atomic E-state index is 4.71. The summed E-state index contributed by atoms with van der Waals surface area (Å²) in [7, 11) is 0. The molecule has 0 amide bonds. The van der Waals surface area contributed by atoms with Crippen LogP contribution in [0.15, 0.2) is 61.1 Å². The molecule has 4 aliphatic rings. The van der Waals surface area contributed by atoms with E-state index in [0.29, 0.717) is 35.4 Å². The largest absolute Gasteiger partial charge is 0.366 e. The third-order valence-corrected chi connectivity index (χ3v) is 11.4. The normalized spacial score (nSPS) is 26.4. The van der Waals surface area contributed by atoms with E-state index in [2.05, 4.69) is 104 Å². The zero-order chi connectivity index (χ0) is 31.5. The van der Waals surface area contributed by atoms with Gasteiger partial charge >= 0.3 is 0 Å². The fourth-order valence-corrected chi connectivity index (χ4v) is 8.53. The fraction of sp³-hybridized carbons (Fsp3) is 0.744. The second kappa shape index (κ2) is 14.3. The van der Waals surface area contributed by atoms with Crippen molar-refractivity contribution in [1.82, 2.24) is 15.1 Å². The Morgan fingerprint density at radius 2 is 1.43 bits per heavy atom. The van der Waals surface area contributed by atoms with Gasteiger partial charge in [0.2, 0.25) is 0 Å². The summed E-state index contributed by atoms with van der Waals surface area (Å²) in [5.74, 6) is 4.82. The van der Waals surface area contributed by atoms with E-state index in [1.165, 1.54) is 74.6 Å². The van der Waals surface area contributed by atoms with E-state index in [-0.39, 0.29) is 6.04 Å². The minimum atomic E-state index is 0.264. The molecule has 3 nitrogen and oxygen atoms in total. The van der Waals surface area contributed by atoms with Crippen LogP contribution in [-0.2, 0) is 0 Å². The Balaban J connectivity index is 0.000000337. The van der Waals surface area contributed by atoms with Gasteiger partial charge in [-0.05, 0) is 95.8 Å². The van der Waals surface area contributed by atoms with Crippen LogP contribution in [0.2, 0.25) is 0 Å². The second-order valence-corrected chi connectivity index (χ2v) is 15.7. The number of allylic oxidation sites excluding steroid dienone is 2. The highest BCUT2D eigenvalue weighted by Gasteiger charge is 2.67. The van der Waals surface area contributed by atoms with Crippen LogP contribution in [-0.4, -0.2) is 40.5 Å². The van der Waals surface area contributed by atoms with Gasteiger partial charge in [0.15, 0.2) is 0 Å². The van der Waals surface area contributed by atoms with E-state index in [1.54, 1.807) is 0 Å². The van der Waals surface area contributed by atoms with Crippen LogP contribution in [0.4, 0.5) is 0 Å². The summed E-state index contributed by atoms with van der Waals surface area (Å²) in [6, 6.07) is 1.55. The molecule has 0 bridgehead atoms. The van der Waals surface area contributed by atoms with Crippen LogP contribution < -0.4 is 5.32 Å². The number of fused-ring (bicyclic) bond motifs is 1. The molecule has 3 aliphatic carbocycles. The van der Waals surface area contributed by atoms with Gasteiger partial charge in [0, 0.05) is 24.3 Å². The van der Waals surface area contributed by atoms with Crippen LogP contribution in [0.25, 0.3) is 0 Å². The Hall–Kier alpha value is -1.90. The van der Waals surface area contributed by atoms with Crippen molar-refractivity contribution in [3.8, 4) is 0 Å². The van der Waals surface area contributed by atoms with E-state index < -0.39 is 0 Å².